The van der Waals surface area contributed by atoms with Crippen molar-refractivity contribution in [2.24, 2.45) is 0 Å². The van der Waals surface area contributed by atoms with E-state index in [-0.39, 0.29) is 12.4 Å². The molecule has 0 spiro atoms. The minimum Gasteiger partial charge on any atom is -0.392 e. The summed E-state index contributed by atoms with van der Waals surface area (Å²) >= 11 is 4.01. The summed E-state index contributed by atoms with van der Waals surface area (Å²) in [4.78, 5) is 0. The van der Waals surface area contributed by atoms with E-state index in [0.717, 1.165) is 5.56 Å². The summed E-state index contributed by atoms with van der Waals surface area (Å²) in [7, 11) is 0. The van der Waals surface area contributed by atoms with E-state index in [4.69, 9.17) is 5.11 Å². The fourth-order valence-electron chi connectivity index (χ4n) is 1.05. The molecule has 0 fully saturated rings. The van der Waals surface area contributed by atoms with Gasteiger partial charge in [-0.3, -0.25) is 0 Å². The maximum absolute atomic E-state index is 12.7. The molecule has 1 nitrogen and oxygen atoms in total. The molecule has 0 saturated carbocycles. The van der Waals surface area contributed by atoms with Crippen LogP contribution in [-0.2, 0) is 6.61 Å². The summed E-state index contributed by atoms with van der Waals surface area (Å²) in [6.45, 7) is -0.149. The normalized spacial score (nSPS) is 11.0. The van der Waals surface area contributed by atoms with Crippen LogP contribution in [0.15, 0.2) is 24.3 Å². The molecule has 0 aliphatic heterocycles. The molecule has 0 amide bonds. The Morgan fingerprint density at radius 1 is 1.46 bits per heavy atom. The highest BCUT2D eigenvalue weighted by molar-refractivity contribution is 7.80. The number of benzene rings is 1. The van der Waals surface area contributed by atoms with Gasteiger partial charge in [0.25, 0.3) is 0 Å². The second-order valence-corrected chi connectivity index (χ2v) is 2.95. The summed E-state index contributed by atoms with van der Waals surface area (Å²) in [5.74, 6) is 0.300. The third-order valence-electron chi connectivity index (χ3n) is 1.68. The van der Waals surface area contributed by atoms with E-state index in [9.17, 15) is 4.39 Å². The molecule has 0 aliphatic rings. The van der Waals surface area contributed by atoms with Gasteiger partial charge in [0, 0.05) is 5.75 Å². The SMILES string of the molecule is OCc1cc(F)ccc1C=CCS. The fraction of sp³-hybridized carbons (Fsp3) is 0.200. The molecule has 0 unspecified atom stereocenters. The van der Waals surface area contributed by atoms with Crippen LogP contribution < -0.4 is 0 Å². The number of aliphatic hydroxyl groups is 1. The van der Waals surface area contributed by atoms with E-state index in [1.54, 1.807) is 6.07 Å². The lowest BCUT2D eigenvalue weighted by molar-refractivity contribution is 0.281. The van der Waals surface area contributed by atoms with Gasteiger partial charge in [0.2, 0.25) is 0 Å². The van der Waals surface area contributed by atoms with Gasteiger partial charge in [-0.15, -0.1) is 0 Å². The lowest BCUT2D eigenvalue weighted by atomic mass is 10.1. The van der Waals surface area contributed by atoms with Crippen molar-refractivity contribution in [2.75, 3.05) is 5.75 Å². The quantitative estimate of drug-likeness (QED) is 0.714. The van der Waals surface area contributed by atoms with Gasteiger partial charge < -0.3 is 5.11 Å². The standard InChI is InChI=1S/C10H11FOS/c11-10-4-3-8(2-1-5-13)9(6-10)7-12/h1-4,6,12-13H,5,7H2. The Bertz CT molecular complexity index is 310. The molecule has 1 aromatic carbocycles. The molecule has 0 bridgehead atoms. The minimum atomic E-state index is -0.327. The number of aliphatic hydroxyl groups excluding tert-OH is 1. The van der Waals surface area contributed by atoms with Gasteiger partial charge in [-0.25, -0.2) is 4.39 Å². The van der Waals surface area contributed by atoms with E-state index in [1.165, 1.54) is 12.1 Å². The lowest BCUT2D eigenvalue weighted by Gasteiger charge is -2.01. The van der Waals surface area contributed by atoms with Crippen LogP contribution in [0.1, 0.15) is 11.1 Å². The maximum Gasteiger partial charge on any atom is 0.123 e. The van der Waals surface area contributed by atoms with E-state index in [2.05, 4.69) is 12.6 Å². The summed E-state index contributed by atoms with van der Waals surface area (Å²) in [6.07, 6.45) is 3.66. The fourth-order valence-corrected chi connectivity index (χ4v) is 1.16. The van der Waals surface area contributed by atoms with Crippen LogP contribution in [0.3, 0.4) is 0 Å². The van der Waals surface area contributed by atoms with Crippen molar-refractivity contribution < 1.29 is 9.50 Å². The van der Waals surface area contributed by atoms with Gasteiger partial charge in [0.05, 0.1) is 6.61 Å². The summed E-state index contributed by atoms with van der Waals surface area (Å²) in [5, 5.41) is 8.92. The zero-order chi connectivity index (χ0) is 9.68. The van der Waals surface area contributed by atoms with Gasteiger partial charge in [-0.05, 0) is 23.3 Å². The first kappa shape index (κ1) is 10.3. The average Bonchev–Trinajstić information content (AvgIpc) is 2.16. The third kappa shape index (κ3) is 2.86. The predicted octanol–water partition coefficient (Wildman–Crippen LogP) is 2.26. The minimum absolute atomic E-state index is 0.149. The van der Waals surface area contributed by atoms with Gasteiger partial charge in [-0.2, -0.15) is 12.6 Å². The van der Waals surface area contributed by atoms with Gasteiger partial charge in [-0.1, -0.05) is 18.2 Å². The van der Waals surface area contributed by atoms with E-state index >= 15 is 0 Å². The van der Waals surface area contributed by atoms with E-state index in [0.29, 0.717) is 11.3 Å². The predicted molar refractivity (Wildman–Crippen MR) is 55.2 cm³/mol. The Morgan fingerprint density at radius 3 is 2.85 bits per heavy atom. The second kappa shape index (κ2) is 5.04. The van der Waals surface area contributed by atoms with Crippen LogP contribution in [0.5, 0.6) is 0 Å². The summed E-state index contributed by atoms with van der Waals surface area (Å²) in [6, 6.07) is 4.34. The van der Waals surface area contributed by atoms with Crippen LogP contribution in [0.2, 0.25) is 0 Å². The molecule has 70 valence electrons. The largest absolute Gasteiger partial charge is 0.392 e. The van der Waals surface area contributed by atoms with E-state index < -0.39 is 0 Å². The molecule has 3 heteroatoms. The number of rotatable bonds is 3. The summed E-state index contributed by atoms with van der Waals surface area (Å²) in [5.41, 5.74) is 1.43. The number of halogens is 1. The Hall–Kier alpha value is -0.800. The van der Waals surface area contributed by atoms with Crippen LogP contribution in [-0.4, -0.2) is 10.9 Å². The number of hydrogen-bond acceptors (Lipinski definition) is 2. The highest BCUT2D eigenvalue weighted by Gasteiger charge is 1.99. The van der Waals surface area contributed by atoms with Crippen molar-refractivity contribution in [2.45, 2.75) is 6.61 Å². The molecule has 13 heavy (non-hydrogen) atoms. The van der Waals surface area contributed by atoms with Gasteiger partial charge in [0.15, 0.2) is 0 Å². The van der Waals surface area contributed by atoms with Crippen molar-refractivity contribution >= 4 is 18.7 Å². The Labute approximate surface area is 82.3 Å². The number of hydrogen-bond donors (Lipinski definition) is 2. The van der Waals surface area contributed by atoms with Crippen molar-refractivity contribution in [3.63, 3.8) is 0 Å². The van der Waals surface area contributed by atoms with Crippen LogP contribution >= 0.6 is 12.6 Å². The van der Waals surface area contributed by atoms with Crippen LogP contribution in [0, 0.1) is 5.82 Å². The molecular weight excluding hydrogens is 187 g/mol. The third-order valence-corrected chi connectivity index (χ3v) is 1.89. The molecule has 1 N–H and O–H groups in total. The lowest BCUT2D eigenvalue weighted by Crippen LogP contribution is -1.89. The molecular formula is C10H11FOS. The van der Waals surface area contributed by atoms with Gasteiger partial charge in [0.1, 0.15) is 5.82 Å². The first-order valence-electron chi connectivity index (χ1n) is 3.94. The van der Waals surface area contributed by atoms with Crippen molar-refractivity contribution in [3.05, 3.63) is 41.2 Å². The molecule has 0 saturated heterocycles. The zero-order valence-corrected chi connectivity index (χ0v) is 7.97. The topological polar surface area (TPSA) is 20.2 Å². The molecule has 1 rings (SSSR count). The molecule has 0 radical (unpaired) electrons. The monoisotopic (exact) mass is 198 g/mol. The second-order valence-electron chi connectivity index (χ2n) is 2.59. The van der Waals surface area contributed by atoms with E-state index in [1.807, 2.05) is 12.2 Å². The smallest absolute Gasteiger partial charge is 0.123 e. The zero-order valence-electron chi connectivity index (χ0n) is 7.07. The number of thiol groups is 1. The molecule has 0 aromatic heterocycles. The maximum atomic E-state index is 12.7. The first-order valence-corrected chi connectivity index (χ1v) is 4.58. The highest BCUT2D eigenvalue weighted by Crippen LogP contribution is 2.13. The molecule has 0 atom stereocenters. The molecule has 1 aromatic rings. The Kier molecular flexibility index (Phi) is 3.99. The first-order chi connectivity index (χ1) is 6.27. The summed E-state index contributed by atoms with van der Waals surface area (Å²) < 4.78 is 12.7. The van der Waals surface area contributed by atoms with Crippen LogP contribution in [0.25, 0.3) is 6.08 Å². The highest BCUT2D eigenvalue weighted by atomic mass is 32.1. The van der Waals surface area contributed by atoms with Crippen molar-refractivity contribution in [1.29, 1.82) is 0 Å². The average molecular weight is 198 g/mol. The molecule has 0 heterocycles. The van der Waals surface area contributed by atoms with Crippen molar-refractivity contribution in [1.82, 2.24) is 0 Å². The Balaban J connectivity index is 2.99. The van der Waals surface area contributed by atoms with Crippen LogP contribution in [0.4, 0.5) is 4.39 Å². The van der Waals surface area contributed by atoms with Gasteiger partial charge >= 0.3 is 0 Å². The Morgan fingerprint density at radius 2 is 2.23 bits per heavy atom. The molecule has 0 aliphatic carbocycles. The van der Waals surface area contributed by atoms with Crippen molar-refractivity contribution in [3.8, 4) is 0 Å².